The van der Waals surface area contributed by atoms with Gasteiger partial charge in [0.15, 0.2) is 0 Å². The van der Waals surface area contributed by atoms with E-state index in [0.29, 0.717) is 23.3 Å². The van der Waals surface area contributed by atoms with Gasteiger partial charge in [-0.1, -0.05) is 19.1 Å². The normalized spacial score (nSPS) is 12.9. The predicted molar refractivity (Wildman–Crippen MR) is 101 cm³/mol. The maximum atomic E-state index is 12.9. The van der Waals surface area contributed by atoms with Crippen molar-refractivity contribution in [2.45, 2.75) is 59.2 Å². The Morgan fingerprint density at radius 2 is 1.96 bits per heavy atom. The van der Waals surface area contributed by atoms with Gasteiger partial charge in [-0.05, 0) is 46.2 Å². The van der Waals surface area contributed by atoms with Crippen molar-refractivity contribution >= 4 is 16.9 Å². The van der Waals surface area contributed by atoms with E-state index in [1.807, 2.05) is 52.8 Å². The molecule has 0 radical (unpaired) electrons. The highest BCUT2D eigenvalue weighted by atomic mass is 16.2. The highest BCUT2D eigenvalue weighted by molar-refractivity contribution is 5.78. The fourth-order valence-corrected chi connectivity index (χ4v) is 2.70. The van der Waals surface area contributed by atoms with Crippen LogP contribution in [0.5, 0.6) is 0 Å². The average Bonchev–Trinajstić information content (AvgIpc) is 2.54. The van der Waals surface area contributed by atoms with Crippen molar-refractivity contribution < 1.29 is 4.79 Å². The second-order valence-corrected chi connectivity index (χ2v) is 7.41. The Labute approximate surface area is 148 Å². The number of para-hydroxylation sites is 1. The number of urea groups is 1. The first-order valence-corrected chi connectivity index (χ1v) is 8.70. The summed E-state index contributed by atoms with van der Waals surface area (Å²) >= 11 is 0. The zero-order valence-electron chi connectivity index (χ0n) is 16.0. The van der Waals surface area contributed by atoms with Crippen LogP contribution in [0.25, 0.3) is 10.9 Å². The maximum Gasteiger partial charge on any atom is 0.318 e. The van der Waals surface area contributed by atoms with Gasteiger partial charge in [0.25, 0.3) is 5.56 Å². The van der Waals surface area contributed by atoms with Gasteiger partial charge in [-0.2, -0.15) is 0 Å². The Kier molecular flexibility index (Phi) is 5.50. The third kappa shape index (κ3) is 4.18. The van der Waals surface area contributed by atoms with Crippen molar-refractivity contribution in [2.75, 3.05) is 7.05 Å². The lowest BCUT2D eigenvalue weighted by Crippen LogP contribution is -2.48. The number of carbonyl (C=O) groups excluding carboxylic acids is 1. The molecular formula is C19H28N4O2. The summed E-state index contributed by atoms with van der Waals surface area (Å²) in [6.45, 7) is 10.3. The monoisotopic (exact) mass is 344 g/mol. The van der Waals surface area contributed by atoms with Crippen LogP contribution < -0.4 is 10.9 Å². The van der Waals surface area contributed by atoms with Crippen LogP contribution in [0, 0.1) is 0 Å². The predicted octanol–water partition coefficient (Wildman–Crippen LogP) is 3.31. The molecule has 0 aliphatic rings. The number of hydrogen-bond donors (Lipinski definition) is 1. The van der Waals surface area contributed by atoms with E-state index in [1.54, 1.807) is 22.6 Å². The molecule has 136 valence electrons. The van der Waals surface area contributed by atoms with E-state index in [1.165, 1.54) is 0 Å². The molecule has 1 N–H and O–H groups in total. The first kappa shape index (κ1) is 19.0. The summed E-state index contributed by atoms with van der Waals surface area (Å²) in [5, 5.41) is 3.55. The molecule has 1 aromatic carbocycles. The second kappa shape index (κ2) is 7.25. The molecule has 0 bridgehead atoms. The van der Waals surface area contributed by atoms with E-state index in [0.717, 1.165) is 6.42 Å². The molecule has 0 fully saturated rings. The number of fused-ring (bicyclic) bond motifs is 1. The Morgan fingerprint density at radius 3 is 2.56 bits per heavy atom. The molecular weight excluding hydrogens is 316 g/mol. The van der Waals surface area contributed by atoms with Crippen molar-refractivity contribution in [3.8, 4) is 0 Å². The minimum atomic E-state index is -0.328. The summed E-state index contributed by atoms with van der Waals surface area (Å²) in [6, 6.07) is 6.81. The largest absolute Gasteiger partial charge is 0.333 e. The molecule has 0 aliphatic heterocycles. The highest BCUT2D eigenvalue weighted by Gasteiger charge is 2.25. The molecule has 1 unspecified atom stereocenters. The smallest absolute Gasteiger partial charge is 0.318 e. The molecule has 0 aliphatic carbocycles. The molecule has 25 heavy (non-hydrogen) atoms. The van der Waals surface area contributed by atoms with E-state index in [2.05, 4.69) is 5.32 Å². The van der Waals surface area contributed by atoms with E-state index in [4.69, 9.17) is 4.98 Å². The molecule has 1 atom stereocenters. The first-order chi connectivity index (χ1) is 11.7. The van der Waals surface area contributed by atoms with Gasteiger partial charge in [-0.25, -0.2) is 9.78 Å². The Bertz CT molecular complexity index is 820. The minimum absolute atomic E-state index is 0.0565. The Morgan fingerprint density at radius 1 is 1.32 bits per heavy atom. The van der Waals surface area contributed by atoms with E-state index >= 15 is 0 Å². The SMILES string of the molecule is CCCn1c(C(C)N(C)C(=O)NC(C)(C)C)nc2ccccc2c1=O. The van der Waals surface area contributed by atoms with Crippen molar-refractivity contribution in [3.05, 3.63) is 40.4 Å². The van der Waals surface area contributed by atoms with Crippen molar-refractivity contribution in [1.29, 1.82) is 0 Å². The number of nitrogens with zero attached hydrogens (tertiary/aromatic N) is 3. The Hall–Kier alpha value is -2.37. The number of carbonyl (C=O) groups is 1. The number of hydrogen-bond acceptors (Lipinski definition) is 3. The van der Waals surface area contributed by atoms with Crippen LogP contribution in [0.1, 0.15) is 52.9 Å². The third-order valence-corrected chi connectivity index (χ3v) is 4.10. The molecule has 6 heteroatoms. The van der Waals surface area contributed by atoms with Gasteiger partial charge in [-0.15, -0.1) is 0 Å². The molecule has 2 amide bonds. The fourth-order valence-electron chi connectivity index (χ4n) is 2.70. The van der Waals surface area contributed by atoms with E-state index in [-0.39, 0.29) is 23.2 Å². The molecule has 0 saturated heterocycles. The van der Waals surface area contributed by atoms with Crippen LogP contribution in [0.2, 0.25) is 0 Å². The van der Waals surface area contributed by atoms with E-state index in [9.17, 15) is 9.59 Å². The van der Waals surface area contributed by atoms with Crippen molar-refractivity contribution in [1.82, 2.24) is 19.8 Å². The molecule has 2 rings (SSSR count). The zero-order chi connectivity index (χ0) is 18.8. The first-order valence-electron chi connectivity index (χ1n) is 8.70. The number of rotatable bonds is 4. The summed E-state index contributed by atoms with van der Waals surface area (Å²) in [5.41, 5.74) is 0.274. The van der Waals surface area contributed by atoms with Gasteiger partial charge in [0.2, 0.25) is 0 Å². The summed E-state index contributed by atoms with van der Waals surface area (Å²) < 4.78 is 1.69. The molecule has 1 aromatic heterocycles. The minimum Gasteiger partial charge on any atom is -0.333 e. The molecule has 0 saturated carbocycles. The Balaban J connectivity index is 2.49. The number of amides is 2. The second-order valence-electron chi connectivity index (χ2n) is 7.41. The fraction of sp³-hybridized carbons (Fsp3) is 0.526. The number of benzene rings is 1. The van der Waals surface area contributed by atoms with Gasteiger partial charge >= 0.3 is 6.03 Å². The van der Waals surface area contributed by atoms with Crippen molar-refractivity contribution in [3.63, 3.8) is 0 Å². The standard InChI is InChI=1S/C19H28N4O2/c1-7-12-23-16(13(2)22(6)18(25)21-19(3,4)5)20-15-11-9-8-10-14(15)17(23)24/h8-11,13H,7,12H2,1-6H3,(H,21,25). The van der Waals surface area contributed by atoms with Gasteiger partial charge in [-0.3, -0.25) is 9.36 Å². The maximum absolute atomic E-state index is 12.9. The van der Waals surface area contributed by atoms with Crippen molar-refractivity contribution in [2.24, 2.45) is 0 Å². The van der Waals surface area contributed by atoms with Crippen LogP contribution in [0.15, 0.2) is 29.1 Å². The number of aromatic nitrogens is 2. The molecule has 1 heterocycles. The summed E-state index contributed by atoms with van der Waals surface area (Å²) in [5.74, 6) is 0.608. The van der Waals surface area contributed by atoms with Crippen LogP contribution in [0.3, 0.4) is 0 Å². The van der Waals surface area contributed by atoms with Crippen LogP contribution in [-0.2, 0) is 6.54 Å². The molecule has 2 aromatic rings. The average molecular weight is 344 g/mol. The van der Waals surface area contributed by atoms with Gasteiger partial charge in [0.1, 0.15) is 5.82 Å². The zero-order valence-corrected chi connectivity index (χ0v) is 16.0. The topological polar surface area (TPSA) is 67.2 Å². The number of nitrogens with one attached hydrogen (secondary N) is 1. The lowest BCUT2D eigenvalue weighted by Gasteiger charge is -2.30. The highest BCUT2D eigenvalue weighted by Crippen LogP contribution is 2.19. The summed E-state index contributed by atoms with van der Waals surface area (Å²) in [4.78, 5) is 31.6. The lowest BCUT2D eigenvalue weighted by atomic mass is 10.1. The lowest BCUT2D eigenvalue weighted by molar-refractivity contribution is 0.181. The molecule has 6 nitrogen and oxygen atoms in total. The van der Waals surface area contributed by atoms with Crippen LogP contribution >= 0.6 is 0 Å². The van der Waals surface area contributed by atoms with Gasteiger partial charge in [0.05, 0.1) is 16.9 Å². The van der Waals surface area contributed by atoms with Gasteiger partial charge in [0, 0.05) is 19.1 Å². The van der Waals surface area contributed by atoms with Gasteiger partial charge < -0.3 is 10.2 Å². The van der Waals surface area contributed by atoms with Crippen LogP contribution in [0.4, 0.5) is 4.79 Å². The molecule has 0 spiro atoms. The summed E-state index contributed by atoms with van der Waals surface area (Å²) in [6.07, 6.45) is 0.817. The van der Waals surface area contributed by atoms with E-state index < -0.39 is 0 Å². The van der Waals surface area contributed by atoms with Crippen LogP contribution in [-0.4, -0.2) is 33.1 Å². The third-order valence-electron chi connectivity index (χ3n) is 4.10. The summed E-state index contributed by atoms with van der Waals surface area (Å²) in [7, 11) is 1.73. The quantitative estimate of drug-likeness (QED) is 0.925.